The van der Waals surface area contributed by atoms with E-state index < -0.39 is 10.0 Å². The van der Waals surface area contributed by atoms with E-state index in [0.717, 1.165) is 11.1 Å². The third-order valence-electron chi connectivity index (χ3n) is 4.28. The second-order valence-corrected chi connectivity index (χ2v) is 8.40. The fourth-order valence-corrected chi connectivity index (χ4v) is 4.61. The topological polar surface area (TPSA) is 66.5 Å². The first-order valence-corrected chi connectivity index (χ1v) is 10.2. The minimum atomic E-state index is -3.68. The van der Waals surface area contributed by atoms with Gasteiger partial charge in [0.15, 0.2) is 0 Å². The maximum Gasteiger partial charge on any atom is 0.241 e. The zero-order valence-corrected chi connectivity index (χ0v) is 16.9. The number of amides is 1. The molecule has 0 saturated heterocycles. The summed E-state index contributed by atoms with van der Waals surface area (Å²) in [7, 11) is -3.68. The SMILES string of the molecule is CC(=O)N(CCNS(=O)(=O)c1c(C)cc(C)cc1C)Cc1ccc(F)cc1. The molecule has 7 heteroatoms. The lowest BCUT2D eigenvalue weighted by molar-refractivity contribution is -0.129. The standard InChI is InChI=1S/C20H25FN2O3S/c1-14-11-15(2)20(16(3)12-14)27(25,26)22-9-10-23(17(4)24)13-18-5-7-19(21)8-6-18/h5-8,11-12,22H,9-10,13H2,1-4H3. The second kappa shape index (κ2) is 8.63. The van der Waals surface area contributed by atoms with Gasteiger partial charge < -0.3 is 4.90 Å². The Labute approximate surface area is 160 Å². The Morgan fingerprint density at radius 1 is 1.07 bits per heavy atom. The van der Waals surface area contributed by atoms with Crippen LogP contribution in [-0.2, 0) is 21.4 Å². The van der Waals surface area contributed by atoms with Crippen LogP contribution in [0.5, 0.6) is 0 Å². The first-order chi connectivity index (χ1) is 12.6. The largest absolute Gasteiger partial charge is 0.337 e. The quantitative estimate of drug-likeness (QED) is 0.787. The van der Waals surface area contributed by atoms with E-state index in [0.29, 0.717) is 17.7 Å². The van der Waals surface area contributed by atoms with Crippen molar-refractivity contribution in [2.24, 2.45) is 0 Å². The van der Waals surface area contributed by atoms with Crippen molar-refractivity contribution in [3.05, 3.63) is 64.5 Å². The van der Waals surface area contributed by atoms with Gasteiger partial charge in [-0.1, -0.05) is 29.8 Å². The average molecular weight is 392 g/mol. The van der Waals surface area contributed by atoms with E-state index in [4.69, 9.17) is 0 Å². The van der Waals surface area contributed by atoms with Crippen LogP contribution in [-0.4, -0.2) is 32.3 Å². The van der Waals surface area contributed by atoms with E-state index in [1.807, 2.05) is 19.1 Å². The summed E-state index contributed by atoms with van der Waals surface area (Å²) in [6.45, 7) is 7.48. The van der Waals surface area contributed by atoms with E-state index in [9.17, 15) is 17.6 Å². The van der Waals surface area contributed by atoms with Gasteiger partial charge in [0.05, 0.1) is 4.90 Å². The lowest BCUT2D eigenvalue weighted by atomic mass is 10.1. The number of nitrogens with zero attached hydrogens (tertiary/aromatic N) is 1. The number of carbonyl (C=O) groups is 1. The molecule has 0 saturated carbocycles. The fraction of sp³-hybridized carbons (Fsp3) is 0.350. The first-order valence-electron chi connectivity index (χ1n) is 8.67. The fourth-order valence-electron chi connectivity index (χ4n) is 3.14. The number of halogens is 1. The van der Waals surface area contributed by atoms with Crippen LogP contribution in [0.3, 0.4) is 0 Å². The normalized spacial score (nSPS) is 11.4. The molecule has 0 aromatic heterocycles. The Morgan fingerprint density at radius 3 is 2.15 bits per heavy atom. The highest BCUT2D eigenvalue weighted by Gasteiger charge is 2.20. The molecule has 0 aliphatic carbocycles. The van der Waals surface area contributed by atoms with Gasteiger partial charge >= 0.3 is 0 Å². The second-order valence-electron chi connectivity index (χ2n) is 6.69. The van der Waals surface area contributed by atoms with Gasteiger partial charge in [-0.3, -0.25) is 4.79 Å². The number of benzene rings is 2. The molecule has 1 N–H and O–H groups in total. The molecule has 2 aromatic rings. The van der Waals surface area contributed by atoms with Crippen molar-refractivity contribution in [3.63, 3.8) is 0 Å². The molecule has 0 fully saturated rings. The number of aryl methyl sites for hydroxylation is 3. The van der Waals surface area contributed by atoms with Crippen molar-refractivity contribution in [1.82, 2.24) is 9.62 Å². The minimum Gasteiger partial charge on any atom is -0.337 e. The molecule has 2 rings (SSSR count). The Bertz CT molecular complexity index is 902. The maximum atomic E-state index is 13.0. The first kappa shape index (κ1) is 21.1. The van der Waals surface area contributed by atoms with E-state index in [-0.39, 0.29) is 29.7 Å². The summed E-state index contributed by atoms with van der Waals surface area (Å²) in [5.41, 5.74) is 3.16. The number of hydrogen-bond donors (Lipinski definition) is 1. The van der Waals surface area contributed by atoms with Crippen molar-refractivity contribution in [3.8, 4) is 0 Å². The van der Waals surface area contributed by atoms with Crippen molar-refractivity contribution >= 4 is 15.9 Å². The highest BCUT2D eigenvalue weighted by atomic mass is 32.2. The zero-order valence-electron chi connectivity index (χ0n) is 16.0. The van der Waals surface area contributed by atoms with E-state index >= 15 is 0 Å². The minimum absolute atomic E-state index is 0.0931. The number of carbonyl (C=O) groups excluding carboxylic acids is 1. The highest BCUT2D eigenvalue weighted by molar-refractivity contribution is 7.89. The van der Waals surface area contributed by atoms with Crippen molar-refractivity contribution in [1.29, 1.82) is 0 Å². The molecule has 27 heavy (non-hydrogen) atoms. The zero-order chi connectivity index (χ0) is 20.2. The molecule has 1 amide bonds. The van der Waals surface area contributed by atoms with Crippen LogP contribution in [0.15, 0.2) is 41.3 Å². The summed E-state index contributed by atoms with van der Waals surface area (Å²) in [5.74, 6) is -0.522. The van der Waals surface area contributed by atoms with Crippen LogP contribution in [0.4, 0.5) is 4.39 Å². The van der Waals surface area contributed by atoms with E-state index in [1.165, 1.54) is 24.0 Å². The van der Waals surface area contributed by atoms with Gasteiger partial charge in [-0.25, -0.2) is 17.5 Å². The smallest absolute Gasteiger partial charge is 0.241 e. The summed E-state index contributed by atoms with van der Waals surface area (Å²) in [4.78, 5) is 13.7. The van der Waals surface area contributed by atoms with Gasteiger partial charge in [-0.15, -0.1) is 0 Å². The Kier molecular flexibility index (Phi) is 6.73. The summed E-state index contributed by atoms with van der Waals surface area (Å²) >= 11 is 0. The van der Waals surface area contributed by atoms with Gasteiger partial charge in [-0.05, 0) is 49.6 Å². The Balaban J connectivity index is 2.06. The van der Waals surface area contributed by atoms with Gasteiger partial charge in [0, 0.05) is 26.6 Å². The summed E-state index contributed by atoms with van der Waals surface area (Å²) in [5, 5.41) is 0. The highest BCUT2D eigenvalue weighted by Crippen LogP contribution is 2.21. The van der Waals surface area contributed by atoms with Crippen molar-refractivity contribution < 1.29 is 17.6 Å². The van der Waals surface area contributed by atoms with Crippen LogP contribution in [0, 0.1) is 26.6 Å². The van der Waals surface area contributed by atoms with Crippen LogP contribution >= 0.6 is 0 Å². The molecule has 2 aromatic carbocycles. The van der Waals surface area contributed by atoms with E-state index in [1.54, 1.807) is 26.0 Å². The Hall–Kier alpha value is -2.25. The molecule has 0 aliphatic heterocycles. The maximum absolute atomic E-state index is 13.0. The van der Waals surface area contributed by atoms with Gasteiger partial charge in [0.2, 0.25) is 15.9 Å². The van der Waals surface area contributed by atoms with Gasteiger partial charge in [-0.2, -0.15) is 0 Å². The molecule has 5 nitrogen and oxygen atoms in total. The van der Waals surface area contributed by atoms with Crippen molar-refractivity contribution in [2.75, 3.05) is 13.1 Å². The number of sulfonamides is 1. The summed E-state index contributed by atoms with van der Waals surface area (Å²) in [6.07, 6.45) is 0. The van der Waals surface area contributed by atoms with Crippen LogP contribution in [0.25, 0.3) is 0 Å². The predicted molar refractivity (Wildman–Crippen MR) is 103 cm³/mol. The van der Waals surface area contributed by atoms with Gasteiger partial charge in [0.1, 0.15) is 5.82 Å². The third kappa shape index (κ3) is 5.61. The Morgan fingerprint density at radius 2 is 1.63 bits per heavy atom. The molecule has 0 bridgehead atoms. The molecule has 0 aliphatic rings. The molecule has 0 atom stereocenters. The predicted octanol–water partition coefficient (Wildman–Crippen LogP) is 3.08. The lowest BCUT2D eigenvalue weighted by Gasteiger charge is -2.22. The number of hydrogen-bond acceptors (Lipinski definition) is 3. The molecule has 0 spiro atoms. The number of nitrogens with one attached hydrogen (secondary N) is 1. The van der Waals surface area contributed by atoms with Crippen molar-refractivity contribution in [2.45, 2.75) is 39.1 Å². The monoisotopic (exact) mass is 392 g/mol. The lowest BCUT2D eigenvalue weighted by Crippen LogP contribution is -2.37. The molecule has 0 unspecified atom stereocenters. The average Bonchev–Trinajstić information content (AvgIpc) is 2.54. The summed E-state index contributed by atoms with van der Waals surface area (Å²) < 4.78 is 40.9. The van der Waals surface area contributed by atoms with E-state index in [2.05, 4.69) is 4.72 Å². The molecular formula is C20H25FN2O3S. The number of rotatable bonds is 7. The van der Waals surface area contributed by atoms with Crippen LogP contribution in [0.1, 0.15) is 29.2 Å². The molecular weight excluding hydrogens is 367 g/mol. The summed E-state index contributed by atoms with van der Waals surface area (Å²) in [6, 6.07) is 9.54. The van der Waals surface area contributed by atoms with Gasteiger partial charge in [0.25, 0.3) is 0 Å². The molecule has 0 radical (unpaired) electrons. The third-order valence-corrected chi connectivity index (χ3v) is 6.04. The van der Waals surface area contributed by atoms with Crippen LogP contribution < -0.4 is 4.72 Å². The molecule has 146 valence electrons. The van der Waals surface area contributed by atoms with Crippen LogP contribution in [0.2, 0.25) is 0 Å². The molecule has 0 heterocycles.